The third kappa shape index (κ3) is 7.89. The van der Waals surface area contributed by atoms with E-state index in [0.717, 1.165) is 73.7 Å². The van der Waals surface area contributed by atoms with Crippen molar-refractivity contribution in [3.05, 3.63) is 89.0 Å². The second kappa shape index (κ2) is 16.9. The van der Waals surface area contributed by atoms with Gasteiger partial charge in [0.25, 0.3) is 5.91 Å². The monoisotopic (exact) mass is 820 g/mol. The SMILES string of the molecule is C[C@H]1[C@H]([Si](C)(C)O)[C@@H](CC(=O)N2Cc3ccccc3C[C@H]2CO)O[C@]12C(=O)N(Cc1cccc(N3CCCCCCC3=O)c1)c1ccc(N3CCCCCCC3=O)cc12. The molecule has 2 N–H and O–H groups in total. The summed E-state index contributed by atoms with van der Waals surface area (Å²) in [6.07, 6.45) is 8.46. The van der Waals surface area contributed by atoms with Crippen molar-refractivity contribution in [2.24, 2.45) is 5.92 Å². The Hall–Kier alpha value is -4.36. The second-order valence-corrected chi connectivity index (χ2v) is 22.1. The van der Waals surface area contributed by atoms with Gasteiger partial charge in [-0.05, 0) is 92.2 Å². The number of carbonyl (C=O) groups is 4. The van der Waals surface area contributed by atoms with Gasteiger partial charge in [0, 0.05) is 60.9 Å². The maximum Gasteiger partial charge on any atom is 0.264 e. The zero-order chi connectivity index (χ0) is 41.5. The first-order valence-electron chi connectivity index (χ1n) is 21.9. The number of fused-ring (bicyclic) bond motifs is 3. The highest BCUT2D eigenvalue weighted by Gasteiger charge is 2.66. The van der Waals surface area contributed by atoms with Crippen LogP contribution in [-0.4, -0.2) is 78.6 Å². The molecule has 11 nitrogen and oxygen atoms in total. The summed E-state index contributed by atoms with van der Waals surface area (Å²) in [5, 5.41) is 10.4. The van der Waals surface area contributed by atoms with Crippen LogP contribution in [0.5, 0.6) is 0 Å². The number of ether oxygens (including phenoxy) is 1. The van der Waals surface area contributed by atoms with Crippen molar-refractivity contribution in [1.82, 2.24) is 4.90 Å². The van der Waals surface area contributed by atoms with Crippen molar-refractivity contribution < 1.29 is 33.8 Å². The van der Waals surface area contributed by atoms with Gasteiger partial charge in [-0.25, -0.2) is 0 Å². The minimum absolute atomic E-state index is 0.0504. The molecule has 1 spiro atoms. The third-order valence-corrected chi connectivity index (χ3v) is 16.3. The zero-order valence-electron chi connectivity index (χ0n) is 34.9. The van der Waals surface area contributed by atoms with E-state index in [1.807, 2.05) is 96.5 Å². The molecule has 3 aromatic rings. The first-order chi connectivity index (χ1) is 28.4. The largest absolute Gasteiger partial charge is 0.432 e. The maximum absolute atomic E-state index is 15.5. The smallest absolute Gasteiger partial charge is 0.264 e. The van der Waals surface area contributed by atoms with Crippen molar-refractivity contribution in [3.8, 4) is 0 Å². The fraction of sp³-hybridized carbons (Fsp3) is 0.532. The molecule has 12 heteroatoms. The van der Waals surface area contributed by atoms with Crippen LogP contribution in [0.15, 0.2) is 66.7 Å². The van der Waals surface area contributed by atoms with Crippen LogP contribution in [-0.2, 0) is 49.0 Å². The van der Waals surface area contributed by atoms with Crippen molar-refractivity contribution >= 4 is 49.0 Å². The van der Waals surface area contributed by atoms with Gasteiger partial charge in [0.15, 0.2) is 13.9 Å². The number of aliphatic hydroxyl groups is 1. The van der Waals surface area contributed by atoms with E-state index in [2.05, 4.69) is 0 Å². The number of rotatable bonds is 8. The van der Waals surface area contributed by atoms with E-state index >= 15 is 4.79 Å². The lowest BCUT2D eigenvalue weighted by atomic mass is 9.82. The van der Waals surface area contributed by atoms with Crippen LogP contribution < -0.4 is 14.7 Å². The summed E-state index contributed by atoms with van der Waals surface area (Å²) in [6, 6.07) is 21.3. The number of benzene rings is 3. The normalized spacial score (nSPS) is 26.7. The van der Waals surface area contributed by atoms with E-state index in [4.69, 9.17) is 4.74 Å². The fourth-order valence-electron chi connectivity index (χ4n) is 10.8. The standard InChI is InChI=1S/C47H60N4O7Si/c1-32-45(59(2,3)57)41(28-44(55)50-30-35-17-11-10-16-34(35)26-38(50)31-52)58-47(32)39-27-37(49-24-13-7-5-9-20-43(49)54)21-22-40(39)51(46(47)56)29-33-15-14-18-36(25-33)48-23-12-6-4-8-19-42(48)53/h10-11,14-18,21-22,25,27,32,38,41,45,52,57H,4-9,12-13,19-20,23-24,26,28-31H2,1-3H3/t32-,38-,41+,45-,47+/m0/s1. The van der Waals surface area contributed by atoms with Gasteiger partial charge < -0.3 is 34.2 Å². The first-order valence-corrected chi connectivity index (χ1v) is 25.0. The van der Waals surface area contributed by atoms with Gasteiger partial charge in [-0.3, -0.25) is 19.2 Å². The molecular weight excluding hydrogens is 761 g/mol. The quantitative estimate of drug-likeness (QED) is 0.235. The zero-order valence-corrected chi connectivity index (χ0v) is 35.9. The average Bonchev–Trinajstić information content (AvgIpc) is 3.63. The molecule has 4 amide bonds. The van der Waals surface area contributed by atoms with Gasteiger partial charge in [0.05, 0.1) is 37.4 Å². The van der Waals surface area contributed by atoms with Gasteiger partial charge in [0.1, 0.15) is 0 Å². The topological polar surface area (TPSA) is 131 Å². The number of anilines is 3. The summed E-state index contributed by atoms with van der Waals surface area (Å²) in [4.78, 5) is 76.0. The molecular formula is C47H60N4O7Si. The van der Waals surface area contributed by atoms with E-state index in [1.165, 1.54) is 0 Å². The molecule has 0 saturated carbocycles. The number of hydrogen-bond donors (Lipinski definition) is 2. The van der Waals surface area contributed by atoms with E-state index in [-0.39, 0.29) is 43.2 Å². The third-order valence-electron chi connectivity index (χ3n) is 13.8. The molecule has 8 rings (SSSR count). The van der Waals surface area contributed by atoms with Crippen molar-refractivity contribution in [3.63, 3.8) is 0 Å². The molecule has 0 aliphatic carbocycles. The Balaban J connectivity index is 1.17. The minimum Gasteiger partial charge on any atom is -0.432 e. The summed E-state index contributed by atoms with van der Waals surface area (Å²) in [5.74, 6) is -0.787. The first kappa shape index (κ1) is 41.4. The molecule has 5 aliphatic heterocycles. The highest BCUT2D eigenvalue weighted by Crippen LogP contribution is 2.60. The summed E-state index contributed by atoms with van der Waals surface area (Å²) < 4.78 is 7.16. The van der Waals surface area contributed by atoms with E-state index in [9.17, 15) is 24.3 Å². The molecule has 5 aliphatic rings. The number of hydrogen-bond acceptors (Lipinski definition) is 7. The lowest BCUT2D eigenvalue weighted by Crippen LogP contribution is -2.48. The predicted molar refractivity (Wildman–Crippen MR) is 230 cm³/mol. The Morgan fingerprint density at radius 3 is 2.12 bits per heavy atom. The molecule has 0 unspecified atom stereocenters. The molecule has 3 saturated heterocycles. The summed E-state index contributed by atoms with van der Waals surface area (Å²) in [5.41, 5.74) is 3.87. The Labute approximate surface area is 349 Å². The summed E-state index contributed by atoms with van der Waals surface area (Å²) >= 11 is 0. The Bertz CT molecular complexity index is 2090. The number of aliphatic hydroxyl groups excluding tert-OH is 1. The van der Waals surface area contributed by atoms with Crippen LogP contribution in [0.1, 0.15) is 99.8 Å². The van der Waals surface area contributed by atoms with Gasteiger partial charge >= 0.3 is 0 Å². The number of carbonyl (C=O) groups excluding carboxylic acids is 4. The molecule has 5 atom stereocenters. The summed E-state index contributed by atoms with van der Waals surface area (Å²) in [6.45, 7) is 7.33. The predicted octanol–water partition coefficient (Wildman–Crippen LogP) is 6.96. The van der Waals surface area contributed by atoms with E-state index in [1.54, 1.807) is 9.80 Å². The van der Waals surface area contributed by atoms with Crippen molar-refractivity contribution in [2.45, 2.75) is 133 Å². The van der Waals surface area contributed by atoms with Gasteiger partial charge in [0.2, 0.25) is 17.7 Å². The van der Waals surface area contributed by atoms with Gasteiger partial charge in [-0.15, -0.1) is 0 Å². The molecule has 59 heavy (non-hydrogen) atoms. The lowest BCUT2D eigenvalue weighted by molar-refractivity contribution is -0.151. The van der Waals surface area contributed by atoms with Crippen LogP contribution in [0.4, 0.5) is 17.1 Å². The van der Waals surface area contributed by atoms with Crippen LogP contribution in [0.2, 0.25) is 18.6 Å². The molecule has 3 fully saturated rings. The number of amides is 4. The highest BCUT2D eigenvalue weighted by molar-refractivity contribution is 6.71. The molecule has 5 heterocycles. The van der Waals surface area contributed by atoms with Crippen molar-refractivity contribution in [1.29, 1.82) is 0 Å². The molecule has 0 bridgehead atoms. The maximum atomic E-state index is 15.5. The van der Waals surface area contributed by atoms with E-state index < -0.39 is 37.5 Å². The number of nitrogens with zero attached hydrogens (tertiary/aromatic N) is 4. The van der Waals surface area contributed by atoms with E-state index in [0.29, 0.717) is 55.8 Å². The van der Waals surface area contributed by atoms with Crippen LogP contribution in [0.25, 0.3) is 0 Å². The molecule has 0 aromatic heterocycles. The summed E-state index contributed by atoms with van der Waals surface area (Å²) in [7, 11) is -3.12. The van der Waals surface area contributed by atoms with Gasteiger partial charge in [-0.1, -0.05) is 69.0 Å². The fourth-order valence-corrected chi connectivity index (χ4v) is 13.3. The Morgan fingerprint density at radius 2 is 1.46 bits per heavy atom. The average molecular weight is 821 g/mol. The van der Waals surface area contributed by atoms with Gasteiger partial charge in [-0.2, -0.15) is 0 Å². The molecule has 314 valence electrons. The highest BCUT2D eigenvalue weighted by atomic mass is 28.4. The Kier molecular flexibility index (Phi) is 11.9. The molecule has 0 radical (unpaired) electrons. The second-order valence-electron chi connectivity index (χ2n) is 18.1. The molecule has 3 aromatic carbocycles. The van der Waals surface area contributed by atoms with Crippen LogP contribution in [0.3, 0.4) is 0 Å². The van der Waals surface area contributed by atoms with Crippen molar-refractivity contribution in [2.75, 3.05) is 34.4 Å². The minimum atomic E-state index is -3.12. The van der Waals surface area contributed by atoms with Crippen LogP contribution in [0, 0.1) is 5.92 Å². The lowest BCUT2D eigenvalue weighted by Gasteiger charge is -2.37. The Morgan fingerprint density at radius 1 is 0.814 bits per heavy atom. The van der Waals surface area contributed by atoms with Crippen LogP contribution >= 0.6 is 0 Å².